The van der Waals surface area contributed by atoms with Gasteiger partial charge in [0.1, 0.15) is 22.7 Å². The molecule has 5 unspecified atom stereocenters. The van der Waals surface area contributed by atoms with Gasteiger partial charge < -0.3 is 38.2 Å². The zero-order valence-electron chi connectivity index (χ0n) is 27.7. The van der Waals surface area contributed by atoms with E-state index in [1.807, 2.05) is 0 Å². The van der Waals surface area contributed by atoms with Crippen LogP contribution in [0.25, 0.3) is 11.0 Å². The van der Waals surface area contributed by atoms with Crippen LogP contribution in [-0.4, -0.2) is 72.6 Å². The fourth-order valence-corrected chi connectivity index (χ4v) is 5.04. The van der Waals surface area contributed by atoms with Crippen molar-refractivity contribution in [2.75, 3.05) is 6.54 Å². The number of hydrogen-bond acceptors (Lipinski definition) is 13. The van der Waals surface area contributed by atoms with Gasteiger partial charge in [0.25, 0.3) is 0 Å². The molecule has 1 aliphatic rings. The highest BCUT2D eigenvalue weighted by atomic mass is 16.7. The maximum atomic E-state index is 12.6. The Hall–Kier alpha value is -4.46. The second-order valence-corrected chi connectivity index (χ2v) is 12.2. The zero-order valence-corrected chi connectivity index (χ0v) is 27.7. The number of alkyl carbamates (subject to hydrolysis) is 1. The molecule has 2 heterocycles. The molecule has 1 aliphatic heterocycles. The molecular formula is C33H43NO13. The second kappa shape index (κ2) is 16.4. The van der Waals surface area contributed by atoms with Gasteiger partial charge in [-0.2, -0.15) is 0 Å². The number of Topliss-reactive ketones (excluding diaryl/α,β-unsaturated/α-hetero) is 1. The molecule has 0 spiro atoms. The first-order valence-electron chi connectivity index (χ1n) is 15.4. The summed E-state index contributed by atoms with van der Waals surface area (Å²) in [4.78, 5) is 72.4. The van der Waals surface area contributed by atoms with Crippen LogP contribution in [0.4, 0.5) is 4.79 Å². The first-order valence-corrected chi connectivity index (χ1v) is 15.4. The molecule has 1 saturated heterocycles. The lowest BCUT2D eigenvalue weighted by Gasteiger charge is -2.43. The van der Waals surface area contributed by atoms with E-state index in [9.17, 15) is 28.8 Å². The van der Waals surface area contributed by atoms with Crippen LogP contribution in [0.5, 0.6) is 5.75 Å². The summed E-state index contributed by atoms with van der Waals surface area (Å²) >= 11 is 0. The molecule has 0 aliphatic carbocycles. The lowest BCUT2D eigenvalue weighted by Crippen LogP contribution is -2.62. The Kier molecular flexibility index (Phi) is 12.9. The molecular weight excluding hydrogens is 618 g/mol. The van der Waals surface area contributed by atoms with Crippen molar-refractivity contribution in [1.82, 2.24) is 5.32 Å². The first-order chi connectivity index (χ1) is 22.0. The van der Waals surface area contributed by atoms with Crippen LogP contribution in [-0.2, 0) is 49.3 Å². The minimum Gasteiger partial charge on any atom is -0.461 e. The van der Waals surface area contributed by atoms with Crippen molar-refractivity contribution in [1.29, 1.82) is 0 Å². The normalized spacial score (nSPS) is 21.0. The summed E-state index contributed by atoms with van der Waals surface area (Å²) in [5.74, 6) is -1.89. The molecule has 14 heteroatoms. The molecule has 0 saturated carbocycles. The van der Waals surface area contributed by atoms with E-state index in [2.05, 4.69) is 5.32 Å². The van der Waals surface area contributed by atoms with Crippen molar-refractivity contribution < 1.29 is 56.8 Å². The van der Waals surface area contributed by atoms with Crippen molar-refractivity contribution in [3.63, 3.8) is 0 Å². The van der Waals surface area contributed by atoms with Crippen LogP contribution in [0.15, 0.2) is 33.5 Å². The monoisotopic (exact) mass is 661 g/mol. The summed E-state index contributed by atoms with van der Waals surface area (Å²) in [6.45, 7) is 10.8. The summed E-state index contributed by atoms with van der Waals surface area (Å²) in [6, 6.07) is 6.04. The molecule has 1 amide bonds. The maximum absolute atomic E-state index is 12.6. The number of benzene rings is 1. The van der Waals surface area contributed by atoms with Crippen molar-refractivity contribution >= 4 is 40.8 Å². The highest BCUT2D eigenvalue weighted by molar-refractivity contribution is 5.83. The van der Waals surface area contributed by atoms with Crippen molar-refractivity contribution in [2.45, 2.75) is 117 Å². The lowest BCUT2D eigenvalue weighted by atomic mass is 9.98. The number of nitrogens with one attached hydrogen (secondary N) is 1. The van der Waals surface area contributed by atoms with E-state index in [0.717, 1.165) is 13.8 Å². The van der Waals surface area contributed by atoms with Gasteiger partial charge in [-0.05, 0) is 64.7 Å². The smallest absolute Gasteiger partial charge is 0.407 e. The van der Waals surface area contributed by atoms with Gasteiger partial charge >= 0.3 is 29.6 Å². The van der Waals surface area contributed by atoms with Gasteiger partial charge in [-0.3, -0.25) is 19.2 Å². The molecule has 0 radical (unpaired) electrons. The summed E-state index contributed by atoms with van der Waals surface area (Å²) in [6.07, 6.45) is -4.25. The van der Waals surface area contributed by atoms with Gasteiger partial charge in [-0.25, -0.2) is 9.59 Å². The van der Waals surface area contributed by atoms with E-state index < -0.39 is 65.9 Å². The number of carbonyl (C=O) groups excluding carboxylic acids is 5. The quantitative estimate of drug-likeness (QED) is 0.141. The Morgan fingerprint density at radius 1 is 0.851 bits per heavy atom. The predicted octanol–water partition coefficient (Wildman–Crippen LogP) is 3.91. The fourth-order valence-electron chi connectivity index (χ4n) is 5.04. The Balaban J connectivity index is 1.68. The summed E-state index contributed by atoms with van der Waals surface area (Å²) in [5.41, 5.74) is -0.405. The van der Waals surface area contributed by atoms with E-state index in [0.29, 0.717) is 43.2 Å². The van der Waals surface area contributed by atoms with Crippen molar-refractivity contribution in [2.24, 2.45) is 0 Å². The molecule has 258 valence electrons. The molecule has 47 heavy (non-hydrogen) atoms. The Morgan fingerprint density at radius 3 is 2.13 bits per heavy atom. The topological polar surface area (TPSA) is 183 Å². The minimum atomic E-state index is -1.31. The number of amides is 1. The third-order valence-electron chi connectivity index (χ3n) is 6.91. The average Bonchev–Trinajstić information content (AvgIpc) is 2.93. The van der Waals surface area contributed by atoms with Gasteiger partial charge in [0, 0.05) is 57.7 Å². The number of fused-ring (bicyclic) bond motifs is 1. The highest BCUT2D eigenvalue weighted by Gasteiger charge is 2.51. The maximum Gasteiger partial charge on any atom is 0.407 e. The zero-order chi connectivity index (χ0) is 34.9. The van der Waals surface area contributed by atoms with Crippen LogP contribution in [0.3, 0.4) is 0 Å². The highest BCUT2D eigenvalue weighted by Crippen LogP contribution is 2.32. The number of carbonyl (C=O) groups is 5. The number of rotatable bonds is 13. The number of ether oxygens (including phenoxy) is 6. The number of unbranched alkanes of at least 4 members (excludes halogenated alkanes) is 1. The van der Waals surface area contributed by atoms with Crippen LogP contribution in [0, 0.1) is 0 Å². The van der Waals surface area contributed by atoms with E-state index in [1.54, 1.807) is 39.8 Å². The first kappa shape index (κ1) is 37.0. The average molecular weight is 662 g/mol. The standard InChI is InChI=1S/C33H43NO13/c1-18-28(42-19(2)35)29(43-20(3)36)30(44-21(4)37)31(41-18)45-24-13-14-25-22(16-27(39)46-26(25)17-24)11-12-23(38)10-8-9-15-34-32(40)47-33(5,6)7/h13-14,16-18,28-31H,8-12,15H2,1-7H3,(H,34,40). The van der Waals surface area contributed by atoms with Crippen LogP contribution < -0.4 is 15.7 Å². The summed E-state index contributed by atoms with van der Waals surface area (Å²) in [7, 11) is 0. The molecule has 3 rings (SSSR count). The molecule has 1 fully saturated rings. The summed E-state index contributed by atoms with van der Waals surface area (Å²) in [5, 5.41) is 3.25. The largest absolute Gasteiger partial charge is 0.461 e. The van der Waals surface area contributed by atoms with E-state index in [4.69, 9.17) is 32.8 Å². The van der Waals surface area contributed by atoms with E-state index in [1.165, 1.54) is 19.1 Å². The predicted molar refractivity (Wildman–Crippen MR) is 166 cm³/mol. The molecule has 0 bridgehead atoms. The Bertz CT molecular complexity index is 1510. The molecule has 1 N–H and O–H groups in total. The summed E-state index contributed by atoms with van der Waals surface area (Å²) < 4.78 is 38.7. The molecule has 5 atom stereocenters. The third kappa shape index (κ3) is 11.7. The number of hydrogen-bond donors (Lipinski definition) is 1. The minimum absolute atomic E-state index is 0.0121. The van der Waals surface area contributed by atoms with Crippen LogP contribution in [0.2, 0.25) is 0 Å². The lowest BCUT2D eigenvalue weighted by molar-refractivity contribution is -0.280. The van der Waals surface area contributed by atoms with Crippen LogP contribution in [0.1, 0.15) is 79.7 Å². The van der Waals surface area contributed by atoms with E-state index in [-0.39, 0.29) is 23.5 Å². The number of aryl methyl sites for hydroxylation is 1. The number of esters is 3. The van der Waals surface area contributed by atoms with Crippen LogP contribution >= 0.6 is 0 Å². The van der Waals surface area contributed by atoms with Crippen molar-refractivity contribution in [3.8, 4) is 5.75 Å². The Labute approximate surface area is 272 Å². The molecule has 1 aromatic carbocycles. The molecule has 1 aromatic heterocycles. The van der Waals surface area contributed by atoms with Gasteiger partial charge in [0.15, 0.2) is 12.2 Å². The van der Waals surface area contributed by atoms with Gasteiger partial charge in [0.2, 0.25) is 12.4 Å². The fraction of sp³-hybridized carbons (Fsp3) is 0.576. The van der Waals surface area contributed by atoms with Gasteiger partial charge in [-0.15, -0.1) is 0 Å². The van der Waals surface area contributed by atoms with Gasteiger partial charge in [-0.1, -0.05) is 0 Å². The Morgan fingerprint density at radius 2 is 1.49 bits per heavy atom. The molecule has 2 aromatic rings. The van der Waals surface area contributed by atoms with Gasteiger partial charge in [0.05, 0.1) is 6.10 Å². The second-order valence-electron chi connectivity index (χ2n) is 12.2. The van der Waals surface area contributed by atoms with Crippen molar-refractivity contribution in [3.05, 3.63) is 40.2 Å². The number of ketones is 1. The molecule has 14 nitrogen and oxygen atoms in total. The van der Waals surface area contributed by atoms with E-state index >= 15 is 0 Å². The SMILES string of the molecule is CC(=O)OC1C(C)OC(Oc2ccc3c(CCC(=O)CCCCNC(=O)OC(C)(C)C)cc(=O)oc3c2)C(OC(C)=O)C1OC(C)=O. The third-order valence-corrected chi connectivity index (χ3v) is 6.91.